The number of hydrogen-bond donors (Lipinski definition) is 1. The Labute approximate surface area is 142 Å². The van der Waals surface area contributed by atoms with Crippen LogP contribution in [-0.2, 0) is 11.0 Å². The quantitative estimate of drug-likeness (QED) is 0.829. The van der Waals surface area contributed by atoms with Crippen molar-refractivity contribution >= 4 is 17.5 Å². The van der Waals surface area contributed by atoms with Gasteiger partial charge in [-0.25, -0.2) is 0 Å². The van der Waals surface area contributed by atoms with Crippen molar-refractivity contribution in [3.63, 3.8) is 0 Å². The zero-order valence-corrected chi connectivity index (χ0v) is 13.4. The lowest BCUT2D eigenvalue weighted by Gasteiger charge is -2.32. The molecule has 0 spiro atoms. The molecule has 1 heterocycles. The molecular formula is C18H15ClF3NO. The highest BCUT2D eigenvalue weighted by Crippen LogP contribution is 2.42. The second kappa shape index (κ2) is 6.48. The minimum absolute atomic E-state index is 0.166. The standard InChI is InChI=1S/C18H15ClF3NO/c19-15-7-6-12(10-14(15)18(20,21)22)13-8-9-23-17(24)16(13)11-4-2-1-3-5-11/h1-7,10,13,16H,8-9H2,(H,23,24)/t13-,16+/m0/s1. The molecule has 3 rings (SSSR count). The normalized spacial score (nSPS) is 21.4. The Hall–Kier alpha value is -2.01. The maximum Gasteiger partial charge on any atom is 0.417 e. The molecule has 0 aliphatic carbocycles. The Bertz CT molecular complexity index is 746. The Morgan fingerprint density at radius 3 is 2.42 bits per heavy atom. The SMILES string of the molecule is O=C1NCC[C@@H](c2ccc(Cl)c(C(F)(F)F)c2)[C@H]1c1ccccc1. The molecule has 2 atom stereocenters. The fourth-order valence-corrected chi connectivity index (χ4v) is 3.43. The fraction of sp³-hybridized carbons (Fsp3) is 0.278. The van der Waals surface area contributed by atoms with Gasteiger partial charge in [-0.2, -0.15) is 13.2 Å². The summed E-state index contributed by atoms with van der Waals surface area (Å²) in [6.45, 7) is 0.441. The molecule has 0 aromatic heterocycles. The molecule has 2 aromatic carbocycles. The zero-order valence-electron chi connectivity index (χ0n) is 12.6. The van der Waals surface area contributed by atoms with E-state index in [9.17, 15) is 18.0 Å². The highest BCUT2D eigenvalue weighted by atomic mass is 35.5. The van der Waals surface area contributed by atoms with E-state index >= 15 is 0 Å². The summed E-state index contributed by atoms with van der Waals surface area (Å²) >= 11 is 5.70. The van der Waals surface area contributed by atoms with E-state index in [2.05, 4.69) is 5.32 Å². The summed E-state index contributed by atoms with van der Waals surface area (Å²) in [5, 5.41) is 2.47. The van der Waals surface area contributed by atoms with Crippen molar-refractivity contribution in [2.45, 2.75) is 24.4 Å². The molecule has 1 fully saturated rings. The van der Waals surface area contributed by atoms with E-state index in [1.54, 1.807) is 6.07 Å². The van der Waals surface area contributed by atoms with E-state index in [0.29, 0.717) is 18.5 Å². The maximum absolute atomic E-state index is 13.1. The van der Waals surface area contributed by atoms with Crippen LogP contribution in [0.2, 0.25) is 5.02 Å². The Morgan fingerprint density at radius 1 is 1.04 bits per heavy atom. The van der Waals surface area contributed by atoms with E-state index in [1.807, 2.05) is 30.3 Å². The van der Waals surface area contributed by atoms with Crippen LogP contribution >= 0.6 is 11.6 Å². The van der Waals surface area contributed by atoms with E-state index in [4.69, 9.17) is 11.6 Å². The predicted molar refractivity (Wildman–Crippen MR) is 86.0 cm³/mol. The van der Waals surface area contributed by atoms with Crippen LogP contribution in [-0.4, -0.2) is 12.5 Å². The number of carbonyl (C=O) groups is 1. The second-order valence-corrected chi connectivity index (χ2v) is 6.22. The maximum atomic E-state index is 13.1. The van der Waals surface area contributed by atoms with Gasteiger partial charge >= 0.3 is 6.18 Å². The summed E-state index contributed by atoms with van der Waals surface area (Å²) in [6, 6.07) is 13.0. The molecule has 1 saturated heterocycles. The Morgan fingerprint density at radius 2 is 1.75 bits per heavy atom. The van der Waals surface area contributed by atoms with E-state index in [1.165, 1.54) is 6.07 Å². The molecule has 1 N–H and O–H groups in total. The van der Waals surface area contributed by atoms with Gasteiger partial charge in [-0.05, 0) is 29.7 Å². The zero-order chi connectivity index (χ0) is 17.3. The van der Waals surface area contributed by atoms with Crippen molar-refractivity contribution in [3.05, 3.63) is 70.2 Å². The summed E-state index contributed by atoms with van der Waals surface area (Å²) in [7, 11) is 0. The number of hydrogen-bond acceptors (Lipinski definition) is 1. The first kappa shape index (κ1) is 16.8. The number of alkyl halides is 3. The van der Waals surface area contributed by atoms with Crippen LogP contribution in [0.25, 0.3) is 0 Å². The summed E-state index contributed by atoms with van der Waals surface area (Å²) in [5.74, 6) is -0.998. The molecule has 2 aromatic rings. The minimum Gasteiger partial charge on any atom is -0.356 e. The van der Waals surface area contributed by atoms with Crippen molar-refractivity contribution in [3.8, 4) is 0 Å². The third kappa shape index (κ3) is 3.26. The van der Waals surface area contributed by atoms with Crippen LogP contribution < -0.4 is 5.32 Å². The molecule has 0 radical (unpaired) electrons. The molecule has 24 heavy (non-hydrogen) atoms. The van der Waals surface area contributed by atoms with Crippen LogP contribution in [0.1, 0.15) is 34.9 Å². The number of amides is 1. The first-order chi connectivity index (χ1) is 11.4. The summed E-state index contributed by atoms with van der Waals surface area (Å²) in [6.07, 6.45) is -3.95. The van der Waals surface area contributed by atoms with Gasteiger partial charge in [0, 0.05) is 12.5 Å². The average molecular weight is 354 g/mol. The summed E-state index contributed by atoms with van der Waals surface area (Å²) in [5.41, 5.74) is 0.415. The van der Waals surface area contributed by atoms with Crippen molar-refractivity contribution in [1.29, 1.82) is 0 Å². The third-order valence-electron chi connectivity index (χ3n) is 4.32. The number of benzene rings is 2. The van der Waals surface area contributed by atoms with E-state index < -0.39 is 17.7 Å². The number of rotatable bonds is 2. The van der Waals surface area contributed by atoms with Crippen molar-refractivity contribution in [1.82, 2.24) is 5.32 Å². The van der Waals surface area contributed by atoms with Gasteiger partial charge in [0.05, 0.1) is 16.5 Å². The highest BCUT2D eigenvalue weighted by Gasteiger charge is 2.37. The monoisotopic (exact) mass is 353 g/mol. The first-order valence-corrected chi connectivity index (χ1v) is 7.95. The lowest BCUT2D eigenvalue weighted by Crippen LogP contribution is -2.39. The van der Waals surface area contributed by atoms with Gasteiger partial charge in [0.2, 0.25) is 5.91 Å². The third-order valence-corrected chi connectivity index (χ3v) is 4.65. The number of piperidine rings is 1. The average Bonchev–Trinajstić information content (AvgIpc) is 2.55. The molecular weight excluding hydrogens is 339 g/mol. The number of carbonyl (C=O) groups excluding carboxylic acids is 1. The molecule has 2 nitrogen and oxygen atoms in total. The van der Waals surface area contributed by atoms with Gasteiger partial charge < -0.3 is 5.32 Å². The Kier molecular flexibility index (Phi) is 4.54. The molecule has 6 heteroatoms. The van der Waals surface area contributed by atoms with E-state index in [0.717, 1.165) is 11.6 Å². The van der Waals surface area contributed by atoms with Gasteiger partial charge in [0.25, 0.3) is 0 Å². The van der Waals surface area contributed by atoms with Crippen molar-refractivity contribution in [2.24, 2.45) is 0 Å². The molecule has 126 valence electrons. The van der Waals surface area contributed by atoms with Crippen LogP contribution in [0, 0.1) is 0 Å². The van der Waals surface area contributed by atoms with Gasteiger partial charge in [0.15, 0.2) is 0 Å². The van der Waals surface area contributed by atoms with E-state index in [-0.39, 0.29) is 16.8 Å². The van der Waals surface area contributed by atoms with Crippen LogP contribution in [0.5, 0.6) is 0 Å². The lowest BCUT2D eigenvalue weighted by atomic mass is 9.76. The topological polar surface area (TPSA) is 29.1 Å². The summed E-state index contributed by atoms with van der Waals surface area (Å²) < 4.78 is 39.4. The lowest BCUT2D eigenvalue weighted by molar-refractivity contribution is -0.137. The van der Waals surface area contributed by atoms with Crippen LogP contribution in [0.4, 0.5) is 13.2 Å². The molecule has 1 aliphatic rings. The molecule has 1 aliphatic heterocycles. The predicted octanol–water partition coefficient (Wildman–Crippen LogP) is 4.75. The summed E-state index contributed by atoms with van der Waals surface area (Å²) in [4.78, 5) is 12.4. The fourth-order valence-electron chi connectivity index (χ4n) is 3.20. The van der Waals surface area contributed by atoms with Crippen molar-refractivity contribution < 1.29 is 18.0 Å². The van der Waals surface area contributed by atoms with Crippen LogP contribution in [0.3, 0.4) is 0 Å². The molecule has 1 amide bonds. The second-order valence-electron chi connectivity index (χ2n) is 5.81. The van der Waals surface area contributed by atoms with Gasteiger partial charge in [-0.15, -0.1) is 0 Å². The molecule has 0 unspecified atom stereocenters. The molecule has 0 saturated carbocycles. The smallest absolute Gasteiger partial charge is 0.356 e. The number of halogens is 4. The molecule has 0 bridgehead atoms. The highest BCUT2D eigenvalue weighted by molar-refractivity contribution is 6.31. The minimum atomic E-state index is -4.52. The van der Waals surface area contributed by atoms with Crippen molar-refractivity contribution in [2.75, 3.05) is 6.54 Å². The van der Waals surface area contributed by atoms with Gasteiger partial charge in [0.1, 0.15) is 0 Å². The Balaban J connectivity index is 2.04. The van der Waals surface area contributed by atoms with Gasteiger partial charge in [-0.3, -0.25) is 4.79 Å². The number of nitrogens with one attached hydrogen (secondary N) is 1. The first-order valence-electron chi connectivity index (χ1n) is 7.57. The van der Waals surface area contributed by atoms with Crippen LogP contribution in [0.15, 0.2) is 48.5 Å². The van der Waals surface area contributed by atoms with Gasteiger partial charge in [-0.1, -0.05) is 48.0 Å². The largest absolute Gasteiger partial charge is 0.417 e.